The van der Waals surface area contributed by atoms with Gasteiger partial charge >= 0.3 is 0 Å². The molecule has 1 N–H and O–H groups in total. The van der Waals surface area contributed by atoms with E-state index in [-0.39, 0.29) is 0 Å². The van der Waals surface area contributed by atoms with Gasteiger partial charge in [-0.15, -0.1) is 0 Å². The second-order valence-electron chi connectivity index (χ2n) is 4.96. The highest BCUT2D eigenvalue weighted by molar-refractivity contribution is 5.90. The molecular formula is C12H22N2O. The molecule has 0 aromatic heterocycles. The summed E-state index contributed by atoms with van der Waals surface area (Å²) in [5.41, 5.74) is 1.00. The zero-order chi connectivity index (χ0) is 10.7. The van der Waals surface area contributed by atoms with Crippen molar-refractivity contribution < 1.29 is 5.21 Å². The number of hydrogen-bond acceptors (Lipinski definition) is 3. The molecule has 0 aromatic carbocycles. The van der Waals surface area contributed by atoms with Crippen LogP contribution in [0.4, 0.5) is 0 Å². The fourth-order valence-electron chi connectivity index (χ4n) is 3.11. The zero-order valence-corrected chi connectivity index (χ0v) is 9.65. The molecule has 0 radical (unpaired) electrons. The average Bonchev–Trinajstić information content (AvgIpc) is 2.77. The molecule has 0 aliphatic heterocycles. The van der Waals surface area contributed by atoms with Crippen molar-refractivity contribution >= 4 is 5.71 Å². The van der Waals surface area contributed by atoms with Crippen LogP contribution in [0.5, 0.6) is 0 Å². The van der Waals surface area contributed by atoms with Crippen LogP contribution in [-0.2, 0) is 0 Å². The summed E-state index contributed by atoms with van der Waals surface area (Å²) in [6.45, 7) is 0. The molecule has 0 saturated heterocycles. The quantitative estimate of drug-likeness (QED) is 0.562. The van der Waals surface area contributed by atoms with Gasteiger partial charge in [-0.05, 0) is 39.2 Å². The van der Waals surface area contributed by atoms with E-state index in [0.29, 0.717) is 6.04 Å². The zero-order valence-electron chi connectivity index (χ0n) is 9.65. The molecule has 2 saturated carbocycles. The monoisotopic (exact) mass is 210 g/mol. The van der Waals surface area contributed by atoms with Crippen LogP contribution in [-0.4, -0.2) is 35.0 Å². The predicted molar refractivity (Wildman–Crippen MR) is 61.5 cm³/mol. The first-order chi connectivity index (χ1) is 7.33. The van der Waals surface area contributed by atoms with Crippen molar-refractivity contribution in [2.45, 2.75) is 63.5 Å². The SMILES string of the molecule is CN(C1CCCCC1)[C@@H]1CCC/C1=N\O. The molecule has 2 aliphatic rings. The lowest BCUT2D eigenvalue weighted by molar-refractivity contribution is 0.166. The Hall–Kier alpha value is -0.570. The second kappa shape index (κ2) is 4.97. The Morgan fingerprint density at radius 3 is 2.53 bits per heavy atom. The molecule has 0 aromatic rings. The maximum atomic E-state index is 8.94. The normalized spacial score (nSPS) is 31.6. The van der Waals surface area contributed by atoms with Crippen LogP contribution >= 0.6 is 0 Å². The molecule has 0 unspecified atom stereocenters. The molecule has 86 valence electrons. The third-order valence-corrected chi connectivity index (χ3v) is 4.07. The minimum absolute atomic E-state index is 0.415. The van der Waals surface area contributed by atoms with Gasteiger partial charge in [0.1, 0.15) is 0 Å². The maximum Gasteiger partial charge on any atom is 0.0742 e. The van der Waals surface area contributed by atoms with Crippen LogP contribution in [0.1, 0.15) is 51.4 Å². The van der Waals surface area contributed by atoms with Gasteiger partial charge in [0.15, 0.2) is 0 Å². The van der Waals surface area contributed by atoms with Gasteiger partial charge < -0.3 is 5.21 Å². The fourth-order valence-corrected chi connectivity index (χ4v) is 3.11. The standard InChI is InChI=1S/C12H22N2O/c1-14(10-6-3-2-4-7-10)12-9-5-8-11(12)13-15/h10,12,15H,2-9H2,1H3/b13-11+/t12-/m1/s1. The Balaban J connectivity index is 1.96. The van der Waals surface area contributed by atoms with Crippen molar-refractivity contribution in [3.63, 3.8) is 0 Å². The summed E-state index contributed by atoms with van der Waals surface area (Å²) >= 11 is 0. The van der Waals surface area contributed by atoms with E-state index in [2.05, 4.69) is 17.1 Å². The van der Waals surface area contributed by atoms with E-state index in [0.717, 1.165) is 18.2 Å². The van der Waals surface area contributed by atoms with Gasteiger partial charge in [0.25, 0.3) is 0 Å². The van der Waals surface area contributed by atoms with Crippen LogP contribution in [0.25, 0.3) is 0 Å². The Morgan fingerprint density at radius 2 is 1.87 bits per heavy atom. The molecule has 1 atom stereocenters. The predicted octanol–water partition coefficient (Wildman–Crippen LogP) is 2.63. The van der Waals surface area contributed by atoms with Gasteiger partial charge in [-0.3, -0.25) is 4.90 Å². The van der Waals surface area contributed by atoms with Crippen molar-refractivity contribution in [1.29, 1.82) is 0 Å². The van der Waals surface area contributed by atoms with Gasteiger partial charge in [0.2, 0.25) is 0 Å². The first kappa shape index (κ1) is 10.9. The molecule has 0 amide bonds. The lowest BCUT2D eigenvalue weighted by Gasteiger charge is -2.35. The van der Waals surface area contributed by atoms with Gasteiger partial charge in [-0.25, -0.2) is 0 Å². The van der Waals surface area contributed by atoms with Crippen molar-refractivity contribution in [2.24, 2.45) is 5.16 Å². The molecule has 3 nitrogen and oxygen atoms in total. The summed E-state index contributed by atoms with van der Waals surface area (Å²) in [7, 11) is 2.21. The van der Waals surface area contributed by atoms with E-state index in [9.17, 15) is 0 Å². The van der Waals surface area contributed by atoms with Gasteiger partial charge in [0.05, 0.1) is 11.8 Å². The number of oxime groups is 1. The highest BCUT2D eigenvalue weighted by atomic mass is 16.4. The molecule has 2 aliphatic carbocycles. The number of nitrogens with zero attached hydrogens (tertiary/aromatic N) is 2. The van der Waals surface area contributed by atoms with Crippen LogP contribution in [0.2, 0.25) is 0 Å². The highest BCUT2D eigenvalue weighted by Gasteiger charge is 2.31. The van der Waals surface area contributed by atoms with E-state index in [4.69, 9.17) is 5.21 Å². The largest absolute Gasteiger partial charge is 0.411 e. The summed E-state index contributed by atoms with van der Waals surface area (Å²) in [6, 6.07) is 1.14. The Morgan fingerprint density at radius 1 is 1.13 bits per heavy atom. The van der Waals surface area contributed by atoms with Crippen LogP contribution in [0.3, 0.4) is 0 Å². The van der Waals surface area contributed by atoms with Crippen molar-refractivity contribution in [3.05, 3.63) is 0 Å². The third-order valence-electron chi connectivity index (χ3n) is 4.07. The second-order valence-corrected chi connectivity index (χ2v) is 4.96. The summed E-state index contributed by atoms with van der Waals surface area (Å²) in [5, 5.41) is 12.4. The van der Waals surface area contributed by atoms with Crippen molar-refractivity contribution in [3.8, 4) is 0 Å². The Bertz CT molecular complexity index is 234. The van der Waals surface area contributed by atoms with Gasteiger partial charge in [-0.2, -0.15) is 0 Å². The molecule has 2 fully saturated rings. The highest BCUT2D eigenvalue weighted by Crippen LogP contribution is 2.28. The smallest absolute Gasteiger partial charge is 0.0742 e. The summed E-state index contributed by atoms with van der Waals surface area (Å²) in [4.78, 5) is 2.46. The van der Waals surface area contributed by atoms with Crippen LogP contribution < -0.4 is 0 Å². The lowest BCUT2D eigenvalue weighted by atomic mass is 9.93. The van der Waals surface area contributed by atoms with Crippen LogP contribution in [0, 0.1) is 0 Å². The Kier molecular flexibility index (Phi) is 3.62. The fraction of sp³-hybridized carbons (Fsp3) is 0.917. The van der Waals surface area contributed by atoms with E-state index in [1.54, 1.807) is 0 Å². The Labute approximate surface area is 92.1 Å². The molecular weight excluding hydrogens is 188 g/mol. The van der Waals surface area contributed by atoms with E-state index in [1.807, 2.05) is 0 Å². The van der Waals surface area contributed by atoms with Crippen molar-refractivity contribution in [2.75, 3.05) is 7.05 Å². The maximum absolute atomic E-state index is 8.94. The van der Waals surface area contributed by atoms with Crippen LogP contribution in [0.15, 0.2) is 5.16 Å². The number of rotatable bonds is 2. The minimum atomic E-state index is 0.415. The molecule has 15 heavy (non-hydrogen) atoms. The minimum Gasteiger partial charge on any atom is -0.411 e. The summed E-state index contributed by atoms with van der Waals surface area (Å²) in [6.07, 6.45) is 10.1. The van der Waals surface area contributed by atoms with E-state index < -0.39 is 0 Å². The van der Waals surface area contributed by atoms with Crippen molar-refractivity contribution in [1.82, 2.24) is 4.90 Å². The van der Waals surface area contributed by atoms with Gasteiger partial charge in [0, 0.05) is 6.04 Å². The third kappa shape index (κ3) is 2.33. The first-order valence-corrected chi connectivity index (χ1v) is 6.25. The first-order valence-electron chi connectivity index (χ1n) is 6.25. The number of hydrogen-bond donors (Lipinski definition) is 1. The molecule has 0 spiro atoms. The lowest BCUT2D eigenvalue weighted by Crippen LogP contribution is -2.43. The molecule has 0 heterocycles. The molecule has 0 bridgehead atoms. The topological polar surface area (TPSA) is 35.8 Å². The summed E-state index contributed by atoms with van der Waals surface area (Å²) in [5.74, 6) is 0. The van der Waals surface area contributed by atoms with E-state index >= 15 is 0 Å². The molecule has 3 heteroatoms. The van der Waals surface area contributed by atoms with E-state index in [1.165, 1.54) is 44.9 Å². The average molecular weight is 210 g/mol. The van der Waals surface area contributed by atoms with Gasteiger partial charge in [-0.1, -0.05) is 24.4 Å². The summed E-state index contributed by atoms with van der Waals surface area (Å²) < 4.78 is 0. The molecule has 2 rings (SSSR count).